The number of benzene rings is 1. The molecule has 0 aliphatic rings. The highest BCUT2D eigenvalue weighted by atomic mass is 15.0. The van der Waals surface area contributed by atoms with Crippen molar-refractivity contribution in [3.05, 3.63) is 48.0 Å². The van der Waals surface area contributed by atoms with Crippen molar-refractivity contribution in [2.45, 2.75) is 13.5 Å². The molecular weight excluding hydrogens is 186 g/mol. The number of rotatable bonds is 3. The van der Waals surface area contributed by atoms with Crippen molar-refractivity contribution in [3.63, 3.8) is 0 Å². The minimum Gasteiger partial charge on any atom is -0.316 e. The Kier molecular flexibility index (Phi) is 2.83. The van der Waals surface area contributed by atoms with Gasteiger partial charge in [-0.1, -0.05) is 12.1 Å². The molecule has 0 fully saturated rings. The van der Waals surface area contributed by atoms with Crippen LogP contribution < -0.4 is 5.32 Å². The zero-order valence-corrected chi connectivity index (χ0v) is 9.07. The quantitative estimate of drug-likeness (QED) is 0.822. The first-order valence-corrected chi connectivity index (χ1v) is 5.04. The largest absolute Gasteiger partial charge is 0.316 e. The van der Waals surface area contributed by atoms with Gasteiger partial charge in [0.1, 0.15) is 0 Å². The molecular formula is C12H15N3. The minimum atomic E-state index is 0.890. The van der Waals surface area contributed by atoms with Crippen LogP contribution in [0.5, 0.6) is 0 Å². The highest BCUT2D eigenvalue weighted by molar-refractivity contribution is 5.37. The monoisotopic (exact) mass is 201 g/mol. The van der Waals surface area contributed by atoms with Gasteiger partial charge in [0.2, 0.25) is 0 Å². The fraction of sp³-hybridized carbons (Fsp3) is 0.250. The van der Waals surface area contributed by atoms with E-state index in [9.17, 15) is 0 Å². The molecule has 0 bridgehead atoms. The first-order valence-electron chi connectivity index (χ1n) is 5.04. The Morgan fingerprint density at radius 1 is 1.40 bits per heavy atom. The van der Waals surface area contributed by atoms with E-state index >= 15 is 0 Å². The van der Waals surface area contributed by atoms with Gasteiger partial charge in [0.15, 0.2) is 0 Å². The number of nitrogens with one attached hydrogen (secondary N) is 1. The van der Waals surface area contributed by atoms with Crippen LogP contribution in [0.25, 0.3) is 5.69 Å². The smallest absolute Gasteiger partial charge is 0.0994 e. The first kappa shape index (κ1) is 9.93. The molecule has 1 heterocycles. The minimum absolute atomic E-state index is 0.890. The summed E-state index contributed by atoms with van der Waals surface area (Å²) < 4.78 is 2.08. The average molecular weight is 201 g/mol. The Hall–Kier alpha value is -1.61. The van der Waals surface area contributed by atoms with Crippen molar-refractivity contribution >= 4 is 0 Å². The van der Waals surface area contributed by atoms with E-state index in [-0.39, 0.29) is 0 Å². The fourth-order valence-corrected chi connectivity index (χ4v) is 1.65. The molecule has 0 amide bonds. The van der Waals surface area contributed by atoms with E-state index in [0.29, 0.717) is 0 Å². The normalized spacial score (nSPS) is 10.5. The van der Waals surface area contributed by atoms with Crippen LogP contribution in [0.4, 0.5) is 0 Å². The third-order valence-corrected chi connectivity index (χ3v) is 2.39. The second-order valence-electron chi connectivity index (χ2n) is 3.61. The van der Waals surface area contributed by atoms with Crippen LogP contribution >= 0.6 is 0 Å². The highest BCUT2D eigenvalue weighted by Gasteiger charge is 2.00. The van der Waals surface area contributed by atoms with Crippen LogP contribution in [-0.4, -0.2) is 16.6 Å². The van der Waals surface area contributed by atoms with Gasteiger partial charge in [-0.2, -0.15) is 0 Å². The van der Waals surface area contributed by atoms with Crippen LogP contribution in [0.3, 0.4) is 0 Å². The number of aromatic nitrogens is 2. The summed E-state index contributed by atoms with van der Waals surface area (Å²) in [6.07, 6.45) is 3.71. The maximum atomic E-state index is 4.12. The van der Waals surface area contributed by atoms with E-state index in [1.165, 1.54) is 5.56 Å². The van der Waals surface area contributed by atoms with Gasteiger partial charge < -0.3 is 9.88 Å². The van der Waals surface area contributed by atoms with E-state index in [2.05, 4.69) is 46.1 Å². The zero-order chi connectivity index (χ0) is 10.7. The van der Waals surface area contributed by atoms with Gasteiger partial charge in [-0.15, -0.1) is 0 Å². The molecule has 0 saturated heterocycles. The van der Waals surface area contributed by atoms with E-state index in [0.717, 1.165) is 17.9 Å². The lowest BCUT2D eigenvalue weighted by atomic mass is 10.2. The molecule has 15 heavy (non-hydrogen) atoms. The summed E-state index contributed by atoms with van der Waals surface area (Å²) in [6, 6.07) is 8.45. The Morgan fingerprint density at radius 3 is 2.93 bits per heavy atom. The van der Waals surface area contributed by atoms with Crippen molar-refractivity contribution in [3.8, 4) is 5.69 Å². The maximum Gasteiger partial charge on any atom is 0.0994 e. The predicted molar refractivity (Wildman–Crippen MR) is 61.1 cm³/mol. The van der Waals surface area contributed by atoms with E-state index in [1.54, 1.807) is 0 Å². The summed E-state index contributed by atoms with van der Waals surface area (Å²) in [5.74, 6) is 0. The van der Waals surface area contributed by atoms with Gasteiger partial charge in [-0.05, 0) is 31.7 Å². The van der Waals surface area contributed by atoms with Crippen molar-refractivity contribution < 1.29 is 0 Å². The lowest BCUT2D eigenvalue weighted by Crippen LogP contribution is -2.05. The van der Waals surface area contributed by atoms with Gasteiger partial charge in [-0.3, -0.25) is 0 Å². The van der Waals surface area contributed by atoms with Crippen LogP contribution in [-0.2, 0) is 6.54 Å². The van der Waals surface area contributed by atoms with Crippen molar-refractivity contribution in [2.24, 2.45) is 0 Å². The molecule has 0 aliphatic heterocycles. The van der Waals surface area contributed by atoms with Gasteiger partial charge in [0.25, 0.3) is 0 Å². The number of nitrogens with zero attached hydrogens (tertiary/aromatic N) is 2. The van der Waals surface area contributed by atoms with E-state index in [4.69, 9.17) is 0 Å². The molecule has 1 aromatic carbocycles. The van der Waals surface area contributed by atoms with E-state index in [1.807, 2.05) is 19.6 Å². The molecule has 3 nitrogen and oxygen atoms in total. The second kappa shape index (κ2) is 4.28. The molecule has 0 unspecified atom stereocenters. The lowest BCUT2D eigenvalue weighted by Gasteiger charge is -2.07. The van der Waals surface area contributed by atoms with Crippen LogP contribution in [0.15, 0.2) is 36.8 Å². The van der Waals surface area contributed by atoms with Crippen molar-refractivity contribution in [2.75, 3.05) is 7.05 Å². The second-order valence-corrected chi connectivity index (χ2v) is 3.61. The SMILES string of the molecule is CNCc1cccc(-n2cncc2C)c1. The Labute approximate surface area is 89.8 Å². The van der Waals surface area contributed by atoms with Crippen molar-refractivity contribution in [1.29, 1.82) is 0 Å². The third-order valence-electron chi connectivity index (χ3n) is 2.39. The molecule has 0 saturated carbocycles. The molecule has 0 atom stereocenters. The molecule has 0 radical (unpaired) electrons. The summed E-state index contributed by atoms with van der Waals surface area (Å²) in [5, 5.41) is 3.15. The van der Waals surface area contributed by atoms with Crippen molar-refractivity contribution in [1.82, 2.24) is 14.9 Å². The van der Waals surface area contributed by atoms with Gasteiger partial charge in [-0.25, -0.2) is 4.98 Å². The molecule has 2 rings (SSSR count). The predicted octanol–water partition coefficient (Wildman–Crippen LogP) is 1.90. The van der Waals surface area contributed by atoms with Crippen LogP contribution in [0.1, 0.15) is 11.3 Å². The third kappa shape index (κ3) is 2.07. The fourth-order valence-electron chi connectivity index (χ4n) is 1.65. The molecule has 78 valence electrons. The summed E-state index contributed by atoms with van der Waals surface area (Å²) in [6.45, 7) is 2.94. The van der Waals surface area contributed by atoms with Crippen LogP contribution in [0, 0.1) is 6.92 Å². The van der Waals surface area contributed by atoms with Gasteiger partial charge in [0, 0.05) is 24.1 Å². The first-order chi connectivity index (χ1) is 7.31. The number of hydrogen-bond acceptors (Lipinski definition) is 2. The topological polar surface area (TPSA) is 29.9 Å². The zero-order valence-electron chi connectivity index (χ0n) is 9.07. The van der Waals surface area contributed by atoms with Crippen LogP contribution in [0.2, 0.25) is 0 Å². The number of imidazole rings is 1. The Bertz CT molecular complexity index is 446. The maximum absolute atomic E-state index is 4.12. The highest BCUT2D eigenvalue weighted by Crippen LogP contribution is 2.12. The van der Waals surface area contributed by atoms with E-state index < -0.39 is 0 Å². The molecule has 0 spiro atoms. The number of hydrogen-bond donors (Lipinski definition) is 1. The van der Waals surface area contributed by atoms with Gasteiger partial charge >= 0.3 is 0 Å². The Morgan fingerprint density at radius 2 is 2.27 bits per heavy atom. The van der Waals surface area contributed by atoms with Gasteiger partial charge in [0.05, 0.1) is 6.33 Å². The summed E-state index contributed by atoms with van der Waals surface area (Å²) >= 11 is 0. The Balaban J connectivity index is 2.37. The molecule has 3 heteroatoms. The standard InChI is InChI=1S/C12H15N3/c1-10-7-14-9-15(10)12-5-3-4-11(6-12)8-13-2/h3-7,9,13H,8H2,1-2H3. The number of aryl methyl sites for hydroxylation is 1. The lowest BCUT2D eigenvalue weighted by molar-refractivity contribution is 0.816. The summed E-state index contributed by atoms with van der Waals surface area (Å²) in [5.41, 5.74) is 3.59. The summed E-state index contributed by atoms with van der Waals surface area (Å²) in [4.78, 5) is 4.12. The molecule has 0 aliphatic carbocycles. The molecule has 1 aromatic heterocycles. The average Bonchev–Trinajstić information content (AvgIpc) is 2.65. The molecule has 2 aromatic rings. The summed E-state index contributed by atoms with van der Waals surface area (Å²) in [7, 11) is 1.95. The molecule has 1 N–H and O–H groups in total.